The Morgan fingerprint density at radius 3 is 2.88 bits per heavy atom. The minimum absolute atomic E-state index is 0.131. The van der Waals surface area contributed by atoms with E-state index in [1.807, 2.05) is 47.3 Å². The molecule has 0 unspecified atom stereocenters. The number of hydrogen-bond acceptors (Lipinski definition) is 5. The van der Waals surface area contributed by atoms with Crippen LogP contribution >= 0.6 is 22.7 Å². The number of fused-ring (bicyclic) bond motifs is 2. The van der Waals surface area contributed by atoms with Crippen LogP contribution in [0.4, 0.5) is 0 Å². The molecule has 116 valence electrons. The van der Waals surface area contributed by atoms with Gasteiger partial charge in [0.2, 0.25) is 0 Å². The fourth-order valence-corrected chi connectivity index (χ4v) is 4.51. The number of hydrogen-bond donors (Lipinski definition) is 2. The molecule has 5 rings (SSSR count). The average Bonchev–Trinajstić information content (AvgIpc) is 3.33. The molecule has 0 aliphatic rings. The van der Waals surface area contributed by atoms with Gasteiger partial charge in [0.05, 0.1) is 5.39 Å². The molecule has 0 aromatic carbocycles. The standard InChI is InChI=1S/C17H10N4OS2/c22-16-13-10(12-2-1-7-23-12)8-24-17(13)21-15(20-16)11-4-3-9-5-6-18-14(9)19-11/h1-8H,(H,18,19)(H,20,21,22). The van der Waals surface area contributed by atoms with E-state index in [1.165, 1.54) is 11.3 Å². The van der Waals surface area contributed by atoms with Crippen molar-refractivity contribution in [2.24, 2.45) is 0 Å². The summed E-state index contributed by atoms with van der Waals surface area (Å²) in [6.45, 7) is 0. The smallest absolute Gasteiger partial charge is 0.260 e. The molecule has 5 nitrogen and oxygen atoms in total. The lowest BCUT2D eigenvalue weighted by Gasteiger charge is -2.01. The molecule has 0 aliphatic carbocycles. The van der Waals surface area contributed by atoms with Gasteiger partial charge >= 0.3 is 0 Å². The Balaban J connectivity index is 1.72. The summed E-state index contributed by atoms with van der Waals surface area (Å²) in [7, 11) is 0. The van der Waals surface area contributed by atoms with Crippen LogP contribution in [-0.4, -0.2) is 19.9 Å². The van der Waals surface area contributed by atoms with Gasteiger partial charge in [-0.05, 0) is 29.6 Å². The molecular formula is C17H10N4OS2. The van der Waals surface area contributed by atoms with Gasteiger partial charge in [-0.15, -0.1) is 22.7 Å². The van der Waals surface area contributed by atoms with E-state index in [4.69, 9.17) is 0 Å². The van der Waals surface area contributed by atoms with Crippen LogP contribution < -0.4 is 5.56 Å². The number of aromatic nitrogens is 4. The van der Waals surface area contributed by atoms with Crippen LogP contribution in [-0.2, 0) is 0 Å². The van der Waals surface area contributed by atoms with Crippen LogP contribution in [0.1, 0.15) is 0 Å². The topological polar surface area (TPSA) is 74.4 Å². The van der Waals surface area contributed by atoms with Gasteiger partial charge in [-0.3, -0.25) is 4.79 Å². The lowest BCUT2D eigenvalue weighted by Crippen LogP contribution is -2.09. The predicted molar refractivity (Wildman–Crippen MR) is 98.6 cm³/mol. The molecule has 2 N–H and O–H groups in total. The maximum absolute atomic E-state index is 12.6. The third kappa shape index (κ3) is 2.02. The van der Waals surface area contributed by atoms with Crippen LogP contribution in [0.25, 0.3) is 43.2 Å². The van der Waals surface area contributed by atoms with E-state index in [0.717, 1.165) is 26.3 Å². The molecule has 7 heteroatoms. The summed E-state index contributed by atoms with van der Waals surface area (Å²) in [5, 5.41) is 5.67. The second-order valence-electron chi connectivity index (χ2n) is 5.33. The zero-order valence-electron chi connectivity index (χ0n) is 12.2. The van der Waals surface area contributed by atoms with Crippen molar-refractivity contribution in [3.63, 3.8) is 0 Å². The Morgan fingerprint density at radius 2 is 2.00 bits per heavy atom. The van der Waals surface area contributed by atoms with Crippen LogP contribution in [0.15, 0.2) is 52.1 Å². The van der Waals surface area contributed by atoms with Crippen LogP contribution in [0.3, 0.4) is 0 Å². The second kappa shape index (κ2) is 5.12. The summed E-state index contributed by atoms with van der Waals surface area (Å²) in [5.41, 5.74) is 2.24. The fourth-order valence-electron chi connectivity index (χ4n) is 2.75. The zero-order valence-corrected chi connectivity index (χ0v) is 13.9. The largest absolute Gasteiger partial charge is 0.346 e. The van der Waals surface area contributed by atoms with E-state index in [1.54, 1.807) is 11.3 Å². The number of nitrogens with one attached hydrogen (secondary N) is 2. The van der Waals surface area contributed by atoms with E-state index < -0.39 is 0 Å². The Bertz CT molecular complexity index is 1230. The first kappa shape index (κ1) is 13.6. The van der Waals surface area contributed by atoms with E-state index >= 15 is 0 Å². The number of rotatable bonds is 2. The molecule has 0 saturated heterocycles. The van der Waals surface area contributed by atoms with Gasteiger partial charge < -0.3 is 9.97 Å². The van der Waals surface area contributed by atoms with Crippen molar-refractivity contribution in [3.8, 4) is 22.0 Å². The lowest BCUT2D eigenvalue weighted by atomic mass is 10.2. The molecule has 0 aliphatic heterocycles. The number of pyridine rings is 1. The Hall–Kier alpha value is -2.77. The lowest BCUT2D eigenvalue weighted by molar-refractivity contribution is 1.16. The summed E-state index contributed by atoms with van der Waals surface area (Å²) in [4.78, 5) is 29.6. The molecular weight excluding hydrogens is 340 g/mol. The first-order valence-electron chi connectivity index (χ1n) is 7.29. The minimum atomic E-state index is -0.131. The van der Waals surface area contributed by atoms with E-state index in [2.05, 4.69) is 19.9 Å². The number of thiophene rings is 2. The first-order chi connectivity index (χ1) is 11.8. The molecule has 24 heavy (non-hydrogen) atoms. The maximum atomic E-state index is 12.6. The second-order valence-corrected chi connectivity index (χ2v) is 7.14. The van der Waals surface area contributed by atoms with Gasteiger partial charge in [0, 0.05) is 27.4 Å². The van der Waals surface area contributed by atoms with Crippen molar-refractivity contribution in [2.45, 2.75) is 0 Å². The van der Waals surface area contributed by atoms with Crippen molar-refractivity contribution >= 4 is 43.9 Å². The van der Waals surface area contributed by atoms with Crippen LogP contribution in [0, 0.1) is 0 Å². The molecule has 0 fully saturated rings. The normalized spacial score (nSPS) is 11.5. The van der Waals surface area contributed by atoms with E-state index in [9.17, 15) is 4.79 Å². The van der Waals surface area contributed by atoms with Crippen molar-refractivity contribution in [1.29, 1.82) is 0 Å². The molecule has 0 saturated carbocycles. The molecule has 0 amide bonds. The van der Waals surface area contributed by atoms with Crippen molar-refractivity contribution in [2.75, 3.05) is 0 Å². The highest BCUT2D eigenvalue weighted by Gasteiger charge is 2.15. The molecule has 5 aromatic heterocycles. The SMILES string of the molecule is O=c1[nH]c(-c2ccc3cc[nH]c3n2)nc2scc(-c3cccs3)c12. The maximum Gasteiger partial charge on any atom is 0.260 e. The predicted octanol–water partition coefficient (Wildman–Crippen LogP) is 4.26. The van der Waals surface area contributed by atoms with Crippen molar-refractivity contribution in [3.05, 3.63) is 57.6 Å². The van der Waals surface area contributed by atoms with Gasteiger partial charge in [-0.2, -0.15) is 0 Å². The Kier molecular flexibility index (Phi) is 2.91. The van der Waals surface area contributed by atoms with Gasteiger partial charge in [0.15, 0.2) is 5.82 Å². The summed E-state index contributed by atoms with van der Waals surface area (Å²) in [5.74, 6) is 0.489. The summed E-state index contributed by atoms with van der Waals surface area (Å²) in [6, 6.07) is 9.78. The molecule has 0 atom stereocenters. The summed E-state index contributed by atoms with van der Waals surface area (Å²) < 4.78 is 0. The fraction of sp³-hybridized carbons (Fsp3) is 0. The zero-order chi connectivity index (χ0) is 16.1. The van der Waals surface area contributed by atoms with Crippen LogP contribution in [0.2, 0.25) is 0 Å². The number of aromatic amines is 2. The van der Waals surface area contributed by atoms with Gasteiger partial charge in [-0.1, -0.05) is 6.07 Å². The Labute approximate surface area is 143 Å². The van der Waals surface area contributed by atoms with Crippen molar-refractivity contribution < 1.29 is 0 Å². The molecule has 0 spiro atoms. The Morgan fingerprint density at radius 1 is 1.04 bits per heavy atom. The summed E-state index contributed by atoms with van der Waals surface area (Å²) >= 11 is 3.10. The highest BCUT2D eigenvalue weighted by Crippen LogP contribution is 2.34. The highest BCUT2D eigenvalue weighted by molar-refractivity contribution is 7.18. The van der Waals surface area contributed by atoms with E-state index in [-0.39, 0.29) is 5.56 Å². The van der Waals surface area contributed by atoms with Crippen molar-refractivity contribution in [1.82, 2.24) is 19.9 Å². The highest BCUT2D eigenvalue weighted by atomic mass is 32.1. The minimum Gasteiger partial charge on any atom is -0.346 e. The molecule has 0 bridgehead atoms. The monoisotopic (exact) mass is 350 g/mol. The number of nitrogens with zero attached hydrogens (tertiary/aromatic N) is 2. The molecule has 5 aromatic rings. The third-order valence-electron chi connectivity index (χ3n) is 3.88. The van der Waals surface area contributed by atoms with Gasteiger partial charge in [0.1, 0.15) is 16.2 Å². The quantitative estimate of drug-likeness (QED) is 0.500. The first-order valence-corrected chi connectivity index (χ1v) is 9.05. The van der Waals surface area contributed by atoms with Gasteiger partial charge in [-0.25, -0.2) is 9.97 Å². The summed E-state index contributed by atoms with van der Waals surface area (Å²) in [6.07, 6.45) is 1.84. The molecule has 0 radical (unpaired) electrons. The third-order valence-corrected chi connectivity index (χ3v) is 5.66. The number of H-pyrrole nitrogens is 2. The molecule has 5 heterocycles. The average molecular weight is 350 g/mol. The van der Waals surface area contributed by atoms with Gasteiger partial charge in [0.25, 0.3) is 5.56 Å². The van der Waals surface area contributed by atoms with E-state index in [0.29, 0.717) is 16.9 Å². The van der Waals surface area contributed by atoms with Crippen LogP contribution in [0.5, 0.6) is 0 Å².